The van der Waals surface area contributed by atoms with Gasteiger partial charge in [0.2, 0.25) is 0 Å². The smallest absolute Gasteiger partial charge is 0.0765 e. The topological polar surface area (TPSA) is 41.3 Å². The number of benzene rings is 1. The summed E-state index contributed by atoms with van der Waals surface area (Å²) in [5.74, 6) is 0. The summed E-state index contributed by atoms with van der Waals surface area (Å²) in [5, 5.41) is 4.27. The standard InChI is InChI=1S/C14H20ClN3/c15-12-4-1-5-13(16)14(12)17-10-6-8-18-7-2-3-11(18)9-10/h1,4-5,10-11,17H,2-3,6-9,16H2. The number of hydrogen-bond acceptors (Lipinski definition) is 3. The lowest BCUT2D eigenvalue weighted by molar-refractivity contribution is 0.188. The van der Waals surface area contributed by atoms with Gasteiger partial charge in [-0.1, -0.05) is 17.7 Å². The fourth-order valence-corrected chi connectivity index (χ4v) is 3.49. The molecule has 18 heavy (non-hydrogen) atoms. The molecule has 0 radical (unpaired) electrons. The number of fused-ring (bicyclic) bond motifs is 1. The third-order valence-electron chi connectivity index (χ3n) is 4.21. The van der Waals surface area contributed by atoms with Crippen LogP contribution in [0.1, 0.15) is 25.7 Å². The number of nitrogens with two attached hydrogens (primary N) is 1. The molecule has 2 unspecified atom stereocenters. The predicted octanol–water partition coefficient (Wildman–Crippen LogP) is 2.96. The maximum atomic E-state index is 6.21. The molecule has 1 aromatic rings. The van der Waals surface area contributed by atoms with Crippen molar-refractivity contribution in [1.82, 2.24) is 4.90 Å². The van der Waals surface area contributed by atoms with E-state index in [-0.39, 0.29) is 0 Å². The molecule has 0 aliphatic carbocycles. The van der Waals surface area contributed by atoms with E-state index in [0.717, 1.165) is 22.4 Å². The Kier molecular flexibility index (Phi) is 3.35. The monoisotopic (exact) mass is 265 g/mol. The second-order valence-electron chi connectivity index (χ2n) is 5.40. The van der Waals surface area contributed by atoms with Gasteiger partial charge in [-0.25, -0.2) is 0 Å². The molecule has 4 heteroatoms. The summed E-state index contributed by atoms with van der Waals surface area (Å²) in [6.45, 7) is 2.48. The minimum atomic E-state index is 0.506. The maximum Gasteiger partial charge on any atom is 0.0765 e. The number of halogens is 1. The van der Waals surface area contributed by atoms with E-state index in [2.05, 4.69) is 10.2 Å². The highest BCUT2D eigenvalue weighted by Gasteiger charge is 2.31. The number of nitrogen functional groups attached to an aromatic ring is 1. The molecule has 2 saturated heterocycles. The Morgan fingerprint density at radius 2 is 2.17 bits per heavy atom. The third-order valence-corrected chi connectivity index (χ3v) is 4.53. The van der Waals surface area contributed by atoms with E-state index in [9.17, 15) is 0 Å². The van der Waals surface area contributed by atoms with Gasteiger partial charge in [0.15, 0.2) is 0 Å². The van der Waals surface area contributed by atoms with Gasteiger partial charge < -0.3 is 16.0 Å². The molecule has 0 amide bonds. The van der Waals surface area contributed by atoms with Crippen LogP contribution < -0.4 is 11.1 Å². The van der Waals surface area contributed by atoms with Gasteiger partial charge >= 0.3 is 0 Å². The summed E-state index contributed by atoms with van der Waals surface area (Å²) in [5.41, 5.74) is 7.65. The Morgan fingerprint density at radius 1 is 1.28 bits per heavy atom. The molecule has 98 valence electrons. The van der Waals surface area contributed by atoms with E-state index >= 15 is 0 Å². The van der Waals surface area contributed by atoms with E-state index < -0.39 is 0 Å². The Balaban J connectivity index is 1.69. The van der Waals surface area contributed by atoms with Crippen molar-refractivity contribution in [2.24, 2.45) is 0 Å². The molecule has 2 atom stereocenters. The molecule has 2 fully saturated rings. The quantitative estimate of drug-likeness (QED) is 0.808. The number of rotatable bonds is 2. The summed E-state index contributed by atoms with van der Waals surface area (Å²) in [6.07, 6.45) is 5.09. The minimum absolute atomic E-state index is 0.506. The predicted molar refractivity (Wildman–Crippen MR) is 77.1 cm³/mol. The average molecular weight is 266 g/mol. The van der Waals surface area contributed by atoms with Crippen molar-refractivity contribution in [3.05, 3.63) is 23.2 Å². The first-order valence-electron chi connectivity index (χ1n) is 6.78. The Hall–Kier alpha value is -0.930. The molecule has 2 aliphatic heterocycles. The zero-order valence-electron chi connectivity index (χ0n) is 10.5. The summed E-state index contributed by atoms with van der Waals surface area (Å²) in [6, 6.07) is 6.96. The molecule has 2 aliphatic rings. The van der Waals surface area contributed by atoms with Crippen LogP contribution in [0.4, 0.5) is 11.4 Å². The summed E-state index contributed by atoms with van der Waals surface area (Å²) >= 11 is 6.21. The highest BCUT2D eigenvalue weighted by Crippen LogP contribution is 2.33. The number of para-hydroxylation sites is 1. The van der Waals surface area contributed by atoms with Crippen molar-refractivity contribution in [2.75, 3.05) is 24.1 Å². The molecule has 3 rings (SSSR count). The normalized spacial score (nSPS) is 28.1. The average Bonchev–Trinajstić information content (AvgIpc) is 2.81. The zero-order chi connectivity index (χ0) is 12.5. The first kappa shape index (κ1) is 12.1. The largest absolute Gasteiger partial charge is 0.397 e. The highest BCUT2D eigenvalue weighted by atomic mass is 35.5. The number of hydrogen-bond donors (Lipinski definition) is 2. The number of piperidine rings is 1. The Morgan fingerprint density at radius 3 is 3.00 bits per heavy atom. The lowest BCUT2D eigenvalue weighted by atomic mass is 9.97. The lowest BCUT2D eigenvalue weighted by Gasteiger charge is -2.35. The van der Waals surface area contributed by atoms with E-state index in [1.165, 1.54) is 38.8 Å². The van der Waals surface area contributed by atoms with E-state index in [4.69, 9.17) is 17.3 Å². The lowest BCUT2D eigenvalue weighted by Crippen LogP contribution is -2.42. The molecule has 3 nitrogen and oxygen atoms in total. The first-order chi connectivity index (χ1) is 8.74. The second kappa shape index (κ2) is 4.98. The van der Waals surface area contributed by atoms with E-state index in [1.54, 1.807) is 0 Å². The van der Waals surface area contributed by atoms with Gasteiger partial charge in [-0.2, -0.15) is 0 Å². The van der Waals surface area contributed by atoms with Crippen LogP contribution in [0.15, 0.2) is 18.2 Å². The number of anilines is 2. The van der Waals surface area contributed by atoms with Gasteiger partial charge in [-0.3, -0.25) is 0 Å². The van der Waals surface area contributed by atoms with Gasteiger partial charge in [-0.05, 0) is 44.4 Å². The number of nitrogens with zero attached hydrogens (tertiary/aromatic N) is 1. The molecule has 0 bridgehead atoms. The van der Waals surface area contributed by atoms with Crippen LogP contribution in [0.5, 0.6) is 0 Å². The fourth-order valence-electron chi connectivity index (χ4n) is 3.25. The van der Waals surface area contributed by atoms with Crippen molar-refractivity contribution < 1.29 is 0 Å². The molecule has 0 saturated carbocycles. The van der Waals surface area contributed by atoms with Crippen LogP contribution in [0.25, 0.3) is 0 Å². The highest BCUT2D eigenvalue weighted by molar-refractivity contribution is 6.33. The van der Waals surface area contributed by atoms with Crippen LogP contribution in [-0.2, 0) is 0 Å². The first-order valence-corrected chi connectivity index (χ1v) is 7.16. The van der Waals surface area contributed by atoms with Crippen LogP contribution in [0.3, 0.4) is 0 Å². The molecule has 1 aromatic carbocycles. The fraction of sp³-hybridized carbons (Fsp3) is 0.571. The van der Waals surface area contributed by atoms with Crippen molar-refractivity contribution in [2.45, 2.75) is 37.8 Å². The van der Waals surface area contributed by atoms with Gasteiger partial charge in [0, 0.05) is 18.6 Å². The van der Waals surface area contributed by atoms with Gasteiger partial charge in [0.1, 0.15) is 0 Å². The molecule has 2 heterocycles. The zero-order valence-corrected chi connectivity index (χ0v) is 11.3. The van der Waals surface area contributed by atoms with E-state index in [1.807, 2.05) is 18.2 Å². The van der Waals surface area contributed by atoms with Crippen molar-refractivity contribution in [3.8, 4) is 0 Å². The summed E-state index contributed by atoms with van der Waals surface area (Å²) in [4.78, 5) is 2.62. The molecule has 0 spiro atoms. The second-order valence-corrected chi connectivity index (χ2v) is 5.81. The maximum absolute atomic E-state index is 6.21. The van der Waals surface area contributed by atoms with Crippen molar-refractivity contribution >= 4 is 23.0 Å². The molecular formula is C14H20ClN3. The Labute approximate surface area is 113 Å². The molecule has 0 aromatic heterocycles. The molecular weight excluding hydrogens is 246 g/mol. The minimum Gasteiger partial charge on any atom is -0.397 e. The summed E-state index contributed by atoms with van der Waals surface area (Å²) in [7, 11) is 0. The Bertz CT molecular complexity index is 415. The molecule has 3 N–H and O–H groups in total. The van der Waals surface area contributed by atoms with Crippen molar-refractivity contribution in [3.63, 3.8) is 0 Å². The van der Waals surface area contributed by atoms with Crippen LogP contribution in [-0.4, -0.2) is 30.1 Å². The summed E-state index contributed by atoms with van der Waals surface area (Å²) < 4.78 is 0. The number of nitrogens with one attached hydrogen (secondary N) is 1. The van der Waals surface area contributed by atoms with Gasteiger partial charge in [0.05, 0.1) is 16.4 Å². The van der Waals surface area contributed by atoms with Crippen LogP contribution >= 0.6 is 11.6 Å². The van der Waals surface area contributed by atoms with E-state index in [0.29, 0.717) is 6.04 Å². The third kappa shape index (κ3) is 2.29. The SMILES string of the molecule is Nc1cccc(Cl)c1NC1CCN2CCCC2C1. The van der Waals surface area contributed by atoms with Crippen LogP contribution in [0.2, 0.25) is 5.02 Å². The van der Waals surface area contributed by atoms with Crippen molar-refractivity contribution in [1.29, 1.82) is 0 Å². The van der Waals surface area contributed by atoms with Crippen LogP contribution in [0, 0.1) is 0 Å². The van der Waals surface area contributed by atoms with Gasteiger partial charge in [0.25, 0.3) is 0 Å². The van der Waals surface area contributed by atoms with Gasteiger partial charge in [-0.15, -0.1) is 0 Å².